The Bertz CT molecular complexity index is 986. The Hall–Kier alpha value is -2.67. The van der Waals surface area contributed by atoms with Gasteiger partial charge in [0.2, 0.25) is 5.91 Å². The Morgan fingerprint density at radius 1 is 1.11 bits per heavy atom. The zero-order chi connectivity index (χ0) is 19.6. The highest BCUT2D eigenvalue weighted by molar-refractivity contribution is 8.00. The average molecular weight is 384 g/mol. The minimum absolute atomic E-state index is 0.222. The topological polar surface area (TPSA) is 59.8 Å². The number of rotatable bonds is 5. The summed E-state index contributed by atoms with van der Waals surface area (Å²) in [5.41, 5.74) is 3.05. The number of hydrogen-bond acceptors (Lipinski definition) is 4. The first-order chi connectivity index (χ1) is 12.9. The van der Waals surface area contributed by atoms with E-state index < -0.39 is 5.25 Å². The van der Waals surface area contributed by atoms with Crippen LogP contribution in [0, 0.1) is 26.6 Å². The molecule has 0 saturated carbocycles. The number of nitrogens with zero attached hydrogens (tertiary/aromatic N) is 3. The van der Waals surface area contributed by atoms with E-state index in [0.29, 0.717) is 16.4 Å². The molecule has 0 saturated heterocycles. The molecule has 1 heterocycles. The van der Waals surface area contributed by atoms with Crippen LogP contribution in [-0.4, -0.2) is 25.9 Å². The van der Waals surface area contributed by atoms with Gasteiger partial charge in [0.15, 0.2) is 5.16 Å². The number of halogens is 1. The third-order valence-corrected chi connectivity index (χ3v) is 5.28. The molecule has 0 spiro atoms. The van der Waals surface area contributed by atoms with Gasteiger partial charge in [0.1, 0.15) is 11.6 Å². The molecule has 5 nitrogen and oxygen atoms in total. The number of hydrogen-bond donors (Lipinski definition) is 1. The summed E-state index contributed by atoms with van der Waals surface area (Å²) >= 11 is 1.31. The quantitative estimate of drug-likeness (QED) is 0.660. The van der Waals surface area contributed by atoms with E-state index in [4.69, 9.17) is 0 Å². The van der Waals surface area contributed by atoms with Crippen molar-refractivity contribution in [3.8, 4) is 5.69 Å². The van der Waals surface area contributed by atoms with Gasteiger partial charge in [-0.2, -0.15) is 0 Å². The van der Waals surface area contributed by atoms with Gasteiger partial charge >= 0.3 is 0 Å². The van der Waals surface area contributed by atoms with Crippen molar-refractivity contribution >= 4 is 23.4 Å². The summed E-state index contributed by atoms with van der Waals surface area (Å²) in [6.07, 6.45) is 0. The van der Waals surface area contributed by atoms with Crippen molar-refractivity contribution < 1.29 is 9.18 Å². The predicted octanol–water partition coefficient (Wildman–Crippen LogP) is 4.45. The normalized spacial score (nSPS) is 12.0. The SMILES string of the molecule is Cc1ccc(NC(=O)C(C)Sc2nnc(C)n2-c2ccccc2C)cc1F. The third kappa shape index (κ3) is 4.19. The second-order valence-electron chi connectivity index (χ2n) is 6.36. The van der Waals surface area contributed by atoms with Crippen LogP contribution in [0.2, 0.25) is 0 Å². The van der Waals surface area contributed by atoms with Gasteiger partial charge in [0, 0.05) is 5.69 Å². The molecule has 1 N–H and O–H groups in total. The molecule has 140 valence electrons. The van der Waals surface area contributed by atoms with Crippen LogP contribution in [0.1, 0.15) is 23.9 Å². The van der Waals surface area contributed by atoms with Crippen LogP contribution in [0.15, 0.2) is 47.6 Å². The van der Waals surface area contributed by atoms with E-state index in [-0.39, 0.29) is 11.7 Å². The van der Waals surface area contributed by atoms with Gasteiger partial charge in [0.05, 0.1) is 10.9 Å². The summed E-state index contributed by atoms with van der Waals surface area (Å²) < 4.78 is 15.6. The number of amides is 1. The molecule has 27 heavy (non-hydrogen) atoms. The van der Waals surface area contributed by atoms with E-state index in [9.17, 15) is 9.18 Å². The number of aromatic nitrogens is 3. The van der Waals surface area contributed by atoms with Crippen LogP contribution in [0.5, 0.6) is 0 Å². The molecule has 3 rings (SSSR count). The zero-order valence-corrected chi connectivity index (χ0v) is 16.5. The van der Waals surface area contributed by atoms with Gasteiger partial charge in [-0.05, 0) is 57.0 Å². The summed E-state index contributed by atoms with van der Waals surface area (Å²) in [5.74, 6) is 0.184. The number of thioether (sulfide) groups is 1. The van der Waals surface area contributed by atoms with Gasteiger partial charge in [-0.15, -0.1) is 10.2 Å². The highest BCUT2D eigenvalue weighted by Gasteiger charge is 2.20. The monoisotopic (exact) mass is 384 g/mol. The highest BCUT2D eigenvalue weighted by atomic mass is 32.2. The fourth-order valence-electron chi connectivity index (χ4n) is 2.64. The number of benzene rings is 2. The van der Waals surface area contributed by atoms with Crippen molar-refractivity contribution in [3.63, 3.8) is 0 Å². The van der Waals surface area contributed by atoms with Gasteiger partial charge in [-0.1, -0.05) is 36.0 Å². The standard InChI is InChI=1S/C20H21FN4OS/c1-12-9-10-16(11-17(12)21)22-19(26)14(3)27-20-24-23-15(4)25(20)18-8-6-5-7-13(18)2/h5-11,14H,1-4H3,(H,22,26). The summed E-state index contributed by atoms with van der Waals surface area (Å²) in [6, 6.07) is 12.6. The minimum Gasteiger partial charge on any atom is -0.325 e. The minimum atomic E-state index is -0.430. The zero-order valence-electron chi connectivity index (χ0n) is 15.7. The lowest BCUT2D eigenvalue weighted by molar-refractivity contribution is -0.115. The van der Waals surface area contributed by atoms with E-state index in [1.165, 1.54) is 17.8 Å². The number of carbonyl (C=O) groups excluding carboxylic acids is 1. The molecule has 1 aromatic heterocycles. The van der Waals surface area contributed by atoms with Crippen molar-refractivity contribution in [2.45, 2.75) is 38.1 Å². The maximum Gasteiger partial charge on any atom is 0.237 e. The first-order valence-electron chi connectivity index (χ1n) is 8.58. The van der Waals surface area contributed by atoms with E-state index in [2.05, 4.69) is 15.5 Å². The third-order valence-electron chi connectivity index (χ3n) is 4.24. The highest BCUT2D eigenvalue weighted by Crippen LogP contribution is 2.27. The van der Waals surface area contributed by atoms with Crippen LogP contribution in [0.25, 0.3) is 5.69 Å². The van der Waals surface area contributed by atoms with Crippen molar-refractivity contribution in [3.05, 3.63) is 65.2 Å². The summed E-state index contributed by atoms with van der Waals surface area (Å²) in [4.78, 5) is 12.5. The molecule has 1 amide bonds. The lowest BCUT2D eigenvalue weighted by Crippen LogP contribution is -2.23. The molecule has 1 atom stereocenters. The fourth-order valence-corrected chi connectivity index (χ4v) is 3.54. The molecule has 0 bridgehead atoms. The Balaban J connectivity index is 1.78. The van der Waals surface area contributed by atoms with Crippen molar-refractivity contribution in [2.24, 2.45) is 0 Å². The number of nitrogens with one attached hydrogen (secondary N) is 1. The lowest BCUT2D eigenvalue weighted by atomic mass is 10.2. The lowest BCUT2D eigenvalue weighted by Gasteiger charge is -2.14. The number of carbonyl (C=O) groups is 1. The first-order valence-corrected chi connectivity index (χ1v) is 9.46. The second kappa shape index (κ2) is 7.92. The molecule has 0 radical (unpaired) electrons. The molecule has 0 aliphatic carbocycles. The molecular formula is C20H21FN4OS. The molecule has 0 aliphatic heterocycles. The Morgan fingerprint density at radius 2 is 1.85 bits per heavy atom. The number of para-hydroxylation sites is 1. The Morgan fingerprint density at radius 3 is 2.56 bits per heavy atom. The van der Waals surface area contributed by atoms with Crippen LogP contribution >= 0.6 is 11.8 Å². The molecular weight excluding hydrogens is 363 g/mol. The smallest absolute Gasteiger partial charge is 0.237 e. The van der Waals surface area contributed by atoms with E-state index in [1.54, 1.807) is 26.0 Å². The van der Waals surface area contributed by atoms with Gasteiger partial charge in [-0.25, -0.2) is 4.39 Å². The summed E-state index contributed by atoms with van der Waals surface area (Å²) in [7, 11) is 0. The van der Waals surface area contributed by atoms with Crippen LogP contribution in [0.3, 0.4) is 0 Å². The fraction of sp³-hybridized carbons (Fsp3) is 0.250. The van der Waals surface area contributed by atoms with E-state index in [0.717, 1.165) is 17.1 Å². The van der Waals surface area contributed by atoms with Crippen molar-refractivity contribution in [2.75, 3.05) is 5.32 Å². The number of aryl methyl sites for hydroxylation is 3. The molecule has 1 unspecified atom stereocenters. The molecule has 7 heteroatoms. The summed E-state index contributed by atoms with van der Waals surface area (Å²) in [6.45, 7) is 7.37. The Labute approximate surface area is 162 Å². The van der Waals surface area contributed by atoms with Crippen molar-refractivity contribution in [1.82, 2.24) is 14.8 Å². The van der Waals surface area contributed by atoms with E-state index in [1.807, 2.05) is 42.7 Å². The van der Waals surface area contributed by atoms with Crippen molar-refractivity contribution in [1.29, 1.82) is 0 Å². The largest absolute Gasteiger partial charge is 0.325 e. The van der Waals surface area contributed by atoms with Crippen LogP contribution in [0.4, 0.5) is 10.1 Å². The molecule has 3 aromatic rings. The number of anilines is 1. The molecule has 0 fully saturated rings. The predicted molar refractivity (Wildman–Crippen MR) is 106 cm³/mol. The van der Waals surface area contributed by atoms with Gasteiger partial charge in [-0.3, -0.25) is 9.36 Å². The summed E-state index contributed by atoms with van der Waals surface area (Å²) in [5, 5.41) is 11.3. The molecule has 2 aromatic carbocycles. The van der Waals surface area contributed by atoms with Gasteiger partial charge < -0.3 is 5.32 Å². The maximum atomic E-state index is 13.7. The second-order valence-corrected chi connectivity index (χ2v) is 7.67. The van der Waals surface area contributed by atoms with Gasteiger partial charge in [0.25, 0.3) is 0 Å². The maximum absolute atomic E-state index is 13.7. The van der Waals surface area contributed by atoms with Crippen LogP contribution in [-0.2, 0) is 4.79 Å². The Kier molecular flexibility index (Phi) is 5.60. The average Bonchev–Trinajstić information content (AvgIpc) is 2.99. The van der Waals surface area contributed by atoms with Crippen LogP contribution < -0.4 is 5.32 Å². The molecule has 0 aliphatic rings. The van der Waals surface area contributed by atoms with E-state index >= 15 is 0 Å². The first kappa shape index (κ1) is 19.1.